The number of amides is 1. The number of hydrogen-bond donors (Lipinski definition) is 1. The number of aromatic nitrogens is 3. The van der Waals surface area contributed by atoms with E-state index in [4.69, 9.17) is 0 Å². The predicted molar refractivity (Wildman–Crippen MR) is 111 cm³/mol. The molecule has 6 heteroatoms. The van der Waals surface area contributed by atoms with Gasteiger partial charge in [0.2, 0.25) is 11.1 Å². The number of carbonyl (C=O) groups excluding carboxylic acids is 1. The van der Waals surface area contributed by atoms with Crippen LogP contribution in [-0.2, 0) is 11.2 Å². The van der Waals surface area contributed by atoms with Crippen molar-refractivity contribution in [3.8, 4) is 11.4 Å². The maximum absolute atomic E-state index is 13.0. The van der Waals surface area contributed by atoms with Gasteiger partial charge < -0.3 is 4.90 Å². The van der Waals surface area contributed by atoms with Crippen LogP contribution in [0.25, 0.3) is 11.4 Å². The van der Waals surface area contributed by atoms with Gasteiger partial charge in [0.15, 0.2) is 5.82 Å². The summed E-state index contributed by atoms with van der Waals surface area (Å²) < 4.78 is 0. The molecule has 3 rings (SSSR count). The van der Waals surface area contributed by atoms with E-state index in [1.54, 1.807) is 0 Å². The Kier molecular flexibility index (Phi) is 6.94. The third-order valence-electron chi connectivity index (χ3n) is 5.37. The summed E-state index contributed by atoms with van der Waals surface area (Å²) in [5, 5.41) is 7.76. The zero-order valence-corrected chi connectivity index (χ0v) is 17.4. The fourth-order valence-electron chi connectivity index (χ4n) is 3.76. The Morgan fingerprint density at radius 3 is 2.56 bits per heavy atom. The first-order chi connectivity index (χ1) is 13.1. The monoisotopic (exact) mass is 386 g/mol. The lowest BCUT2D eigenvalue weighted by Crippen LogP contribution is -2.44. The molecule has 1 aromatic heterocycles. The van der Waals surface area contributed by atoms with Gasteiger partial charge in [-0.3, -0.25) is 9.89 Å². The minimum Gasteiger partial charge on any atom is -0.339 e. The predicted octanol–water partition coefficient (Wildman–Crippen LogP) is 4.70. The molecular weight excluding hydrogens is 356 g/mol. The number of nitrogens with zero attached hydrogens (tertiary/aromatic N) is 3. The van der Waals surface area contributed by atoms with Crippen LogP contribution in [-0.4, -0.2) is 43.8 Å². The number of aryl methyl sites for hydroxylation is 1. The van der Waals surface area contributed by atoms with E-state index >= 15 is 0 Å². The summed E-state index contributed by atoms with van der Waals surface area (Å²) in [6.07, 6.45) is 7.05. The molecule has 1 aliphatic carbocycles. The Hall–Kier alpha value is -1.82. The van der Waals surface area contributed by atoms with Crippen molar-refractivity contribution in [3.05, 3.63) is 29.8 Å². The summed E-state index contributed by atoms with van der Waals surface area (Å²) in [7, 11) is 0. The normalized spacial score (nSPS) is 16.3. The molecule has 0 spiro atoms. The minimum atomic E-state index is -0.182. The lowest BCUT2D eigenvalue weighted by atomic mass is 9.94. The van der Waals surface area contributed by atoms with Crippen LogP contribution in [0.5, 0.6) is 0 Å². The number of hydrogen-bond acceptors (Lipinski definition) is 4. The van der Waals surface area contributed by atoms with Gasteiger partial charge in [0, 0.05) is 18.2 Å². The molecule has 0 saturated heterocycles. The topological polar surface area (TPSA) is 61.9 Å². The van der Waals surface area contributed by atoms with Crippen LogP contribution in [0, 0.1) is 0 Å². The summed E-state index contributed by atoms with van der Waals surface area (Å²) in [6.45, 7) is 6.96. The summed E-state index contributed by atoms with van der Waals surface area (Å²) in [5.41, 5.74) is 2.32. The summed E-state index contributed by atoms with van der Waals surface area (Å²) in [5.74, 6) is 0.951. The number of benzene rings is 1. The van der Waals surface area contributed by atoms with Crippen LogP contribution < -0.4 is 0 Å². The average molecular weight is 387 g/mol. The van der Waals surface area contributed by atoms with E-state index in [0.717, 1.165) is 37.2 Å². The Balaban J connectivity index is 1.63. The molecule has 1 fully saturated rings. The molecule has 1 heterocycles. The van der Waals surface area contributed by atoms with Crippen molar-refractivity contribution >= 4 is 17.7 Å². The summed E-state index contributed by atoms with van der Waals surface area (Å²) in [6, 6.07) is 8.74. The lowest BCUT2D eigenvalue weighted by Gasteiger charge is -2.35. The van der Waals surface area contributed by atoms with Crippen molar-refractivity contribution in [1.82, 2.24) is 20.1 Å². The van der Waals surface area contributed by atoms with Crippen LogP contribution >= 0.6 is 11.8 Å². The van der Waals surface area contributed by atoms with Gasteiger partial charge in [-0.05, 0) is 38.7 Å². The number of aromatic amines is 1. The molecule has 1 saturated carbocycles. The van der Waals surface area contributed by atoms with Gasteiger partial charge in [-0.25, -0.2) is 4.98 Å². The van der Waals surface area contributed by atoms with Crippen LogP contribution in [0.4, 0.5) is 0 Å². The summed E-state index contributed by atoms with van der Waals surface area (Å²) >= 11 is 1.44. The average Bonchev–Trinajstić information content (AvgIpc) is 3.17. The highest BCUT2D eigenvalue weighted by molar-refractivity contribution is 8.00. The van der Waals surface area contributed by atoms with Gasteiger partial charge in [-0.2, -0.15) is 0 Å². The molecule has 146 valence electrons. The van der Waals surface area contributed by atoms with E-state index in [0.29, 0.717) is 11.2 Å². The van der Waals surface area contributed by atoms with Gasteiger partial charge in [-0.15, -0.1) is 5.10 Å². The Labute approximate surface area is 166 Å². The Bertz CT molecular complexity index is 737. The molecule has 27 heavy (non-hydrogen) atoms. The van der Waals surface area contributed by atoms with E-state index in [-0.39, 0.29) is 11.2 Å². The zero-order valence-electron chi connectivity index (χ0n) is 16.6. The number of H-pyrrole nitrogens is 1. The van der Waals surface area contributed by atoms with Crippen molar-refractivity contribution in [2.75, 3.05) is 6.54 Å². The van der Waals surface area contributed by atoms with E-state index in [1.165, 1.54) is 36.6 Å². The molecule has 1 aromatic carbocycles. The number of thioether (sulfide) groups is 1. The second-order valence-electron chi connectivity index (χ2n) is 7.19. The molecule has 0 aliphatic heterocycles. The molecule has 5 nitrogen and oxygen atoms in total. The highest BCUT2D eigenvalue weighted by atomic mass is 32.2. The lowest BCUT2D eigenvalue weighted by molar-refractivity contribution is -0.133. The number of carbonyl (C=O) groups is 1. The van der Waals surface area contributed by atoms with Gasteiger partial charge in [-0.1, -0.05) is 62.2 Å². The maximum atomic E-state index is 13.0. The minimum absolute atomic E-state index is 0.182. The molecule has 2 aromatic rings. The van der Waals surface area contributed by atoms with E-state index in [9.17, 15) is 4.79 Å². The van der Waals surface area contributed by atoms with E-state index in [1.807, 2.05) is 6.92 Å². The van der Waals surface area contributed by atoms with Crippen LogP contribution in [0.2, 0.25) is 0 Å². The third-order valence-corrected chi connectivity index (χ3v) is 6.32. The van der Waals surface area contributed by atoms with Crippen molar-refractivity contribution < 1.29 is 4.79 Å². The van der Waals surface area contributed by atoms with Crippen molar-refractivity contribution in [2.24, 2.45) is 0 Å². The second kappa shape index (κ2) is 9.40. The van der Waals surface area contributed by atoms with Crippen molar-refractivity contribution in [3.63, 3.8) is 0 Å². The van der Waals surface area contributed by atoms with E-state index in [2.05, 4.69) is 58.2 Å². The molecule has 0 bridgehead atoms. The van der Waals surface area contributed by atoms with Gasteiger partial charge in [0.1, 0.15) is 0 Å². The molecular formula is C21H30N4OS. The third kappa shape index (κ3) is 4.92. The first kappa shape index (κ1) is 19.9. The van der Waals surface area contributed by atoms with Crippen LogP contribution in [0.1, 0.15) is 58.4 Å². The number of rotatable bonds is 7. The fourth-order valence-corrected chi connectivity index (χ4v) is 4.55. The second-order valence-corrected chi connectivity index (χ2v) is 8.50. The fraction of sp³-hybridized carbons (Fsp3) is 0.571. The van der Waals surface area contributed by atoms with Crippen molar-refractivity contribution in [2.45, 2.75) is 75.7 Å². The highest BCUT2D eigenvalue weighted by Crippen LogP contribution is 2.27. The van der Waals surface area contributed by atoms with Gasteiger partial charge >= 0.3 is 0 Å². The zero-order chi connectivity index (χ0) is 19.2. The molecule has 1 amide bonds. The summed E-state index contributed by atoms with van der Waals surface area (Å²) in [4.78, 5) is 19.6. The molecule has 1 N–H and O–H groups in total. The molecule has 1 atom stereocenters. The molecule has 1 aliphatic rings. The Morgan fingerprint density at radius 1 is 1.22 bits per heavy atom. The highest BCUT2D eigenvalue weighted by Gasteiger charge is 2.28. The number of nitrogens with one attached hydrogen (secondary N) is 1. The van der Waals surface area contributed by atoms with Crippen LogP contribution in [0.15, 0.2) is 29.4 Å². The smallest absolute Gasteiger partial charge is 0.236 e. The maximum Gasteiger partial charge on any atom is 0.236 e. The Morgan fingerprint density at radius 2 is 1.93 bits per heavy atom. The largest absolute Gasteiger partial charge is 0.339 e. The SMILES string of the molecule is CCc1ccc(-c2nc(S[C@@H](C)C(=O)N(CC)C3CCCCC3)n[nH]2)cc1. The molecule has 0 unspecified atom stereocenters. The van der Waals surface area contributed by atoms with Gasteiger partial charge in [0.25, 0.3) is 0 Å². The van der Waals surface area contributed by atoms with Crippen molar-refractivity contribution in [1.29, 1.82) is 0 Å². The van der Waals surface area contributed by atoms with Gasteiger partial charge in [0.05, 0.1) is 5.25 Å². The standard InChI is InChI=1S/C21H30N4OS/c1-4-16-11-13-17(14-12-16)19-22-21(24-23-19)27-15(3)20(26)25(5-2)18-9-7-6-8-10-18/h11-15,18H,4-10H2,1-3H3,(H,22,23,24)/t15-/m0/s1. The first-order valence-corrected chi connectivity index (χ1v) is 11.0. The molecule has 0 radical (unpaired) electrons. The quantitative estimate of drug-likeness (QED) is 0.701. The van der Waals surface area contributed by atoms with Crippen LogP contribution in [0.3, 0.4) is 0 Å². The first-order valence-electron chi connectivity index (χ1n) is 10.1. The van der Waals surface area contributed by atoms with E-state index < -0.39 is 0 Å².